The summed E-state index contributed by atoms with van der Waals surface area (Å²) in [6.07, 6.45) is 3.66. The van der Waals surface area contributed by atoms with Gasteiger partial charge in [0.2, 0.25) is 0 Å². The first-order valence-electron chi connectivity index (χ1n) is 11.3. The molecule has 0 unspecified atom stereocenters. The van der Waals surface area contributed by atoms with E-state index in [2.05, 4.69) is 54.1 Å². The smallest absolute Gasteiger partial charge is 0.407 e. The Balaban J connectivity index is 1.76. The van der Waals surface area contributed by atoms with Gasteiger partial charge in [-0.15, -0.1) is 0 Å². The summed E-state index contributed by atoms with van der Waals surface area (Å²) < 4.78 is 5.45. The van der Waals surface area contributed by atoms with E-state index in [1.165, 1.54) is 11.1 Å². The lowest BCUT2D eigenvalue weighted by atomic mass is 9.90. The van der Waals surface area contributed by atoms with E-state index < -0.39 is 5.60 Å². The number of carbonyl (C=O) groups is 1. The third-order valence-electron chi connectivity index (χ3n) is 5.46. The average Bonchev–Trinajstić information content (AvgIpc) is 2.67. The molecule has 0 aromatic heterocycles. The lowest BCUT2D eigenvalue weighted by molar-refractivity contribution is 0.0488. The number of hydrogen-bond donors (Lipinski definition) is 3. The summed E-state index contributed by atoms with van der Waals surface area (Å²) in [5.74, 6) is 0. The highest BCUT2D eigenvalue weighted by atomic mass is 16.6. The molecule has 2 atom stereocenters. The van der Waals surface area contributed by atoms with Crippen molar-refractivity contribution in [2.45, 2.75) is 78.0 Å². The summed E-state index contributed by atoms with van der Waals surface area (Å²) in [4.78, 5) is 12.3. The molecule has 1 fully saturated rings. The van der Waals surface area contributed by atoms with Crippen LogP contribution in [0.25, 0.3) is 0 Å². The number of benzene rings is 2. The third-order valence-corrected chi connectivity index (χ3v) is 5.46. The van der Waals surface area contributed by atoms with Crippen molar-refractivity contribution < 1.29 is 9.53 Å². The maximum atomic E-state index is 12.3. The van der Waals surface area contributed by atoms with Crippen molar-refractivity contribution in [2.24, 2.45) is 0 Å². The minimum atomic E-state index is -0.524. The van der Waals surface area contributed by atoms with Crippen molar-refractivity contribution in [1.82, 2.24) is 5.32 Å². The molecule has 1 saturated carbocycles. The molecule has 0 heterocycles. The van der Waals surface area contributed by atoms with Gasteiger partial charge in [0.1, 0.15) is 11.7 Å². The number of aryl methyl sites for hydroxylation is 2. The summed E-state index contributed by atoms with van der Waals surface area (Å²) in [6.45, 7) is 9.71. The first-order valence-corrected chi connectivity index (χ1v) is 11.3. The average molecular weight is 435 g/mol. The number of nitriles is 1. The fourth-order valence-corrected chi connectivity index (χ4v) is 4.19. The third kappa shape index (κ3) is 6.65. The Morgan fingerprint density at radius 2 is 1.66 bits per heavy atom. The molecule has 0 aliphatic heterocycles. The molecule has 32 heavy (non-hydrogen) atoms. The number of carbonyl (C=O) groups excluding carboxylic acids is 1. The van der Waals surface area contributed by atoms with Crippen LogP contribution >= 0.6 is 0 Å². The largest absolute Gasteiger partial charge is 0.444 e. The Morgan fingerprint density at radius 1 is 1.00 bits per heavy atom. The maximum Gasteiger partial charge on any atom is 0.407 e. The number of amides is 1. The van der Waals surface area contributed by atoms with Crippen LogP contribution in [0.2, 0.25) is 0 Å². The fraction of sp³-hybridized carbons (Fsp3) is 0.462. The van der Waals surface area contributed by atoms with Gasteiger partial charge in [-0.1, -0.05) is 18.9 Å². The van der Waals surface area contributed by atoms with Crippen LogP contribution in [0.4, 0.5) is 21.9 Å². The van der Waals surface area contributed by atoms with E-state index in [-0.39, 0.29) is 18.2 Å². The highest BCUT2D eigenvalue weighted by Gasteiger charge is 2.28. The number of nitrogens with one attached hydrogen (secondary N) is 3. The highest BCUT2D eigenvalue weighted by Crippen LogP contribution is 2.28. The van der Waals surface area contributed by atoms with Gasteiger partial charge in [0.05, 0.1) is 17.3 Å². The van der Waals surface area contributed by atoms with Crippen LogP contribution in [0.5, 0.6) is 0 Å². The summed E-state index contributed by atoms with van der Waals surface area (Å²) >= 11 is 0. The Labute approximate surface area is 191 Å². The van der Waals surface area contributed by atoms with E-state index in [4.69, 9.17) is 4.74 Å². The number of ether oxygens (including phenoxy) is 1. The predicted octanol–water partition coefficient (Wildman–Crippen LogP) is 6.17. The minimum Gasteiger partial charge on any atom is -0.444 e. The normalized spacial score (nSPS) is 18.4. The minimum absolute atomic E-state index is 0.00919. The molecule has 170 valence electrons. The van der Waals surface area contributed by atoms with E-state index >= 15 is 0 Å². The Bertz CT molecular complexity index is 984. The van der Waals surface area contributed by atoms with Crippen LogP contribution in [-0.4, -0.2) is 23.8 Å². The van der Waals surface area contributed by atoms with Crippen molar-refractivity contribution >= 4 is 23.2 Å². The fourth-order valence-electron chi connectivity index (χ4n) is 4.19. The van der Waals surface area contributed by atoms with Gasteiger partial charge in [-0.05, 0) is 88.9 Å². The summed E-state index contributed by atoms with van der Waals surface area (Å²) in [6, 6.07) is 14.3. The lowest BCUT2D eigenvalue weighted by Gasteiger charge is -2.34. The topological polar surface area (TPSA) is 86.2 Å². The van der Waals surface area contributed by atoms with Crippen LogP contribution in [0.3, 0.4) is 0 Å². The second-order valence-electron chi connectivity index (χ2n) is 9.66. The van der Waals surface area contributed by atoms with Gasteiger partial charge in [0, 0.05) is 17.4 Å². The van der Waals surface area contributed by atoms with Crippen molar-refractivity contribution in [2.75, 3.05) is 10.6 Å². The zero-order valence-electron chi connectivity index (χ0n) is 19.7. The molecule has 0 saturated heterocycles. The summed E-state index contributed by atoms with van der Waals surface area (Å²) in [5.41, 5.74) is 5.02. The molecule has 2 aromatic carbocycles. The molecule has 3 rings (SSSR count). The van der Waals surface area contributed by atoms with Crippen LogP contribution in [0.15, 0.2) is 36.4 Å². The van der Waals surface area contributed by atoms with Crippen molar-refractivity contribution in [1.29, 1.82) is 5.26 Å². The van der Waals surface area contributed by atoms with Gasteiger partial charge in [0.25, 0.3) is 0 Å². The van der Waals surface area contributed by atoms with Gasteiger partial charge in [-0.2, -0.15) is 5.26 Å². The second kappa shape index (κ2) is 9.95. The van der Waals surface area contributed by atoms with E-state index in [0.717, 1.165) is 42.7 Å². The van der Waals surface area contributed by atoms with E-state index in [9.17, 15) is 10.1 Å². The number of anilines is 3. The maximum absolute atomic E-state index is 12.3. The molecule has 3 N–H and O–H groups in total. The standard InChI is InChI=1S/C26H34N4O2/c1-17-12-18(2)14-21(13-17)29-24-15-20(11-10-19(24)16-27)28-22-8-6-7-9-23(22)30-25(31)32-26(3,4)5/h10-15,22-23,28-29H,6-9H2,1-5H3,(H,30,31)/t22-,23+/m1/s1. The van der Waals surface area contributed by atoms with Crippen LogP contribution in [-0.2, 0) is 4.74 Å². The number of nitrogens with zero attached hydrogens (tertiary/aromatic N) is 1. The molecular weight excluding hydrogens is 400 g/mol. The molecule has 0 bridgehead atoms. The van der Waals surface area contributed by atoms with Crippen LogP contribution < -0.4 is 16.0 Å². The zero-order valence-corrected chi connectivity index (χ0v) is 19.7. The molecular formula is C26H34N4O2. The molecule has 1 aliphatic rings. The molecule has 6 nitrogen and oxygen atoms in total. The molecule has 1 aliphatic carbocycles. The highest BCUT2D eigenvalue weighted by molar-refractivity contribution is 5.72. The number of hydrogen-bond acceptors (Lipinski definition) is 5. The van der Waals surface area contributed by atoms with Gasteiger partial charge >= 0.3 is 6.09 Å². The Hall–Kier alpha value is -3.20. The first kappa shape index (κ1) is 23.5. The molecule has 6 heteroatoms. The summed E-state index contributed by atoms with van der Waals surface area (Å²) in [7, 11) is 0. The van der Waals surface area contributed by atoms with Crippen LogP contribution in [0.1, 0.15) is 63.1 Å². The van der Waals surface area contributed by atoms with Gasteiger partial charge in [-0.25, -0.2) is 4.79 Å². The zero-order chi connectivity index (χ0) is 23.3. The van der Waals surface area contributed by atoms with E-state index in [0.29, 0.717) is 5.56 Å². The SMILES string of the molecule is Cc1cc(C)cc(Nc2cc(N[C@@H]3CCCC[C@@H]3NC(=O)OC(C)(C)C)ccc2C#N)c1. The van der Waals surface area contributed by atoms with E-state index in [1.54, 1.807) is 0 Å². The van der Waals surface area contributed by atoms with Crippen molar-refractivity contribution in [3.63, 3.8) is 0 Å². The van der Waals surface area contributed by atoms with Gasteiger partial charge in [0.15, 0.2) is 0 Å². The van der Waals surface area contributed by atoms with Gasteiger partial charge < -0.3 is 20.7 Å². The number of rotatable bonds is 5. The first-order chi connectivity index (χ1) is 15.1. The van der Waals surface area contributed by atoms with E-state index in [1.807, 2.05) is 39.0 Å². The lowest BCUT2D eigenvalue weighted by Crippen LogP contribution is -2.49. The molecule has 0 spiro atoms. The molecule has 1 amide bonds. The quantitative estimate of drug-likeness (QED) is 0.524. The van der Waals surface area contributed by atoms with Crippen molar-refractivity contribution in [3.8, 4) is 6.07 Å². The van der Waals surface area contributed by atoms with Gasteiger partial charge in [-0.3, -0.25) is 0 Å². The second-order valence-corrected chi connectivity index (χ2v) is 9.66. The molecule has 2 aromatic rings. The van der Waals surface area contributed by atoms with Crippen LogP contribution in [0, 0.1) is 25.2 Å². The molecule has 0 radical (unpaired) electrons. The monoisotopic (exact) mass is 434 g/mol. The van der Waals surface area contributed by atoms with Crippen molar-refractivity contribution in [3.05, 3.63) is 53.1 Å². The predicted molar refractivity (Wildman–Crippen MR) is 129 cm³/mol. The number of alkyl carbamates (subject to hydrolysis) is 1. The Kier molecular flexibility index (Phi) is 7.29. The summed E-state index contributed by atoms with van der Waals surface area (Å²) in [5, 5.41) is 19.6. The Morgan fingerprint density at radius 3 is 2.28 bits per heavy atom.